The summed E-state index contributed by atoms with van der Waals surface area (Å²) >= 11 is 20.3. The molecule has 7 aromatic rings. The Balaban J connectivity index is 1.54. The molecule has 11 heteroatoms. The maximum absolute atomic E-state index is 7.00. The van der Waals surface area contributed by atoms with E-state index in [0.29, 0.717) is 61.3 Å². The van der Waals surface area contributed by atoms with E-state index in [2.05, 4.69) is 4.98 Å². The van der Waals surface area contributed by atoms with E-state index in [1.54, 1.807) is 6.07 Å². The lowest BCUT2D eigenvalue weighted by atomic mass is 10.1. The minimum absolute atomic E-state index is 0.365. The number of hydrogen-bond donors (Lipinski definition) is 1. The molecule has 8 nitrogen and oxygen atoms in total. The number of aromatic nitrogens is 8. The summed E-state index contributed by atoms with van der Waals surface area (Å²) in [7, 11) is 0. The van der Waals surface area contributed by atoms with E-state index >= 15 is 0 Å². The van der Waals surface area contributed by atoms with Crippen LogP contribution in [0.4, 0.5) is 0 Å². The van der Waals surface area contributed by atoms with Crippen LogP contribution in [0.5, 0.6) is 0 Å². The van der Waals surface area contributed by atoms with Crippen LogP contribution < -0.4 is 0 Å². The highest BCUT2D eigenvalue weighted by Gasteiger charge is 2.23. The van der Waals surface area contributed by atoms with E-state index in [-0.39, 0.29) is 0 Å². The molecule has 43 heavy (non-hydrogen) atoms. The Bertz CT molecular complexity index is 2520. The van der Waals surface area contributed by atoms with Gasteiger partial charge >= 0.3 is 0 Å². The second-order valence-electron chi connectivity index (χ2n) is 10.1. The van der Waals surface area contributed by atoms with E-state index in [4.69, 9.17) is 64.9 Å². The first-order valence-electron chi connectivity index (χ1n) is 13.3. The predicted molar refractivity (Wildman–Crippen MR) is 171 cm³/mol. The van der Waals surface area contributed by atoms with Crippen molar-refractivity contribution >= 4 is 79.1 Å². The van der Waals surface area contributed by atoms with Crippen LogP contribution in [0, 0.1) is 0 Å². The molecule has 8 bridgehead atoms. The molecule has 1 N–H and O–H groups in total. The molecular weight excluding hydrogens is 603 g/mol. The van der Waals surface area contributed by atoms with Gasteiger partial charge in [-0.3, -0.25) is 0 Å². The summed E-state index contributed by atoms with van der Waals surface area (Å²) < 4.78 is 1.46. The first-order valence-corrected chi connectivity index (χ1v) is 14.4. The molecule has 3 aromatic heterocycles. The van der Waals surface area contributed by atoms with Crippen molar-refractivity contribution in [1.82, 2.24) is 39.0 Å². The van der Waals surface area contributed by atoms with Crippen LogP contribution in [0.25, 0.3) is 89.7 Å². The zero-order chi connectivity index (χ0) is 28.8. The maximum atomic E-state index is 7.00. The lowest BCUT2D eigenvalue weighted by molar-refractivity contribution is 1.17. The van der Waals surface area contributed by atoms with Crippen LogP contribution in [0.3, 0.4) is 0 Å². The number of nitrogens with zero attached hydrogens (tertiary/aromatic N) is 7. The molecule has 0 atom stereocenters. The first kappa shape index (κ1) is 24.7. The quantitative estimate of drug-likeness (QED) is 0.183. The average Bonchev–Trinajstić information content (AvgIpc) is 3.74. The Morgan fingerprint density at radius 1 is 0.488 bits per heavy atom. The summed E-state index contributed by atoms with van der Waals surface area (Å²) in [5.41, 5.74) is 5.32. The van der Waals surface area contributed by atoms with Gasteiger partial charge in [-0.05, 0) is 12.1 Å². The van der Waals surface area contributed by atoms with E-state index in [1.165, 1.54) is 4.09 Å². The number of H-pyrrole nitrogens is 1. The van der Waals surface area contributed by atoms with Crippen molar-refractivity contribution < 1.29 is 0 Å². The van der Waals surface area contributed by atoms with Crippen LogP contribution in [-0.2, 0) is 0 Å². The fraction of sp³-hybridized carbons (Fsp3) is 0. The van der Waals surface area contributed by atoms with E-state index in [1.807, 2.05) is 78.9 Å². The topological polar surface area (TPSA) is 98.1 Å². The highest BCUT2D eigenvalue weighted by atomic mass is 35.5. The third-order valence-corrected chi connectivity index (χ3v) is 8.83. The molecule has 5 heterocycles. The van der Waals surface area contributed by atoms with Gasteiger partial charge < -0.3 is 4.98 Å². The van der Waals surface area contributed by atoms with Crippen LogP contribution in [0.1, 0.15) is 0 Å². The third kappa shape index (κ3) is 3.58. The number of fused-ring (bicyclic) bond motifs is 20. The van der Waals surface area contributed by atoms with E-state index in [0.717, 1.165) is 38.4 Å². The minimum atomic E-state index is 0.365. The number of rotatable bonds is 0. The molecule has 2 aliphatic heterocycles. The Morgan fingerprint density at radius 2 is 0.953 bits per heavy atom. The Morgan fingerprint density at radius 3 is 1.49 bits per heavy atom. The second-order valence-corrected chi connectivity index (χ2v) is 11.3. The monoisotopic (exact) mass is 616 g/mol. The summed E-state index contributed by atoms with van der Waals surface area (Å²) in [6, 6.07) is 27.0. The molecule has 0 aliphatic carbocycles. The summed E-state index contributed by atoms with van der Waals surface area (Å²) in [5, 5.41) is 3.80. The number of aromatic amines is 1. The Labute approximate surface area is 257 Å². The lowest BCUT2D eigenvalue weighted by Crippen LogP contribution is -1.88. The van der Waals surface area contributed by atoms with Crippen molar-refractivity contribution in [2.45, 2.75) is 0 Å². The molecule has 4 aromatic carbocycles. The largest absolute Gasteiger partial charge is 0.324 e. The Kier molecular flexibility index (Phi) is 5.20. The van der Waals surface area contributed by atoms with Crippen molar-refractivity contribution in [2.75, 3.05) is 0 Å². The van der Waals surface area contributed by atoms with Crippen molar-refractivity contribution in [3.8, 4) is 45.6 Å². The van der Waals surface area contributed by atoms with Gasteiger partial charge in [0.05, 0.1) is 10.0 Å². The zero-order valence-electron chi connectivity index (χ0n) is 21.8. The van der Waals surface area contributed by atoms with Crippen molar-refractivity contribution in [1.29, 1.82) is 0 Å². The van der Waals surface area contributed by atoms with Crippen molar-refractivity contribution in [3.05, 3.63) is 95.0 Å². The molecule has 0 saturated heterocycles. The normalized spacial score (nSPS) is 12.1. The van der Waals surface area contributed by atoms with Crippen molar-refractivity contribution in [2.24, 2.45) is 0 Å². The van der Waals surface area contributed by atoms with Gasteiger partial charge in [-0.25, -0.2) is 34.0 Å². The van der Waals surface area contributed by atoms with E-state index < -0.39 is 0 Å². The molecule has 0 unspecified atom stereocenters. The SMILES string of the molecule is Clc1ccc2c3nc4nc(nc5c6ccccc6c(nc6nc(nc([nH]3)c2c1Cl)-c1ccccc1-6)n5Cl)-c1ccccc1-4. The van der Waals surface area contributed by atoms with Crippen molar-refractivity contribution in [3.63, 3.8) is 0 Å². The average molecular weight is 618 g/mol. The smallest absolute Gasteiger partial charge is 0.164 e. The first-order chi connectivity index (χ1) is 21.0. The van der Waals surface area contributed by atoms with Gasteiger partial charge in [0.1, 0.15) is 11.3 Å². The molecule has 204 valence electrons. The summed E-state index contributed by atoms with van der Waals surface area (Å²) in [4.78, 5) is 33.0. The standard InChI is InChI=1S/C32H15Cl3N8/c33-22-14-13-21-23(24(22)34)30-39-26-16-8-2-4-10-18(16)28(37-26)42-32-20-12-6-5-11-19(20)31(43(32)35)41-27-17-9-3-1-7-15(17)25(36-27)38-29(21)40-30/h1-14H,(H,36,37,38,39,40,41,42). The van der Waals surface area contributed by atoms with Crippen LogP contribution in [0.2, 0.25) is 10.0 Å². The number of hydrogen-bond acceptors (Lipinski definition) is 6. The van der Waals surface area contributed by atoms with Gasteiger partial charge in [-0.1, -0.05) is 96.0 Å². The zero-order valence-corrected chi connectivity index (χ0v) is 24.1. The minimum Gasteiger partial charge on any atom is -0.324 e. The maximum Gasteiger partial charge on any atom is 0.164 e. The van der Waals surface area contributed by atoms with Crippen LogP contribution in [0.15, 0.2) is 84.9 Å². The second kappa shape index (κ2) is 9.05. The van der Waals surface area contributed by atoms with E-state index in [9.17, 15) is 0 Å². The van der Waals surface area contributed by atoms with Crippen LogP contribution >= 0.6 is 35.0 Å². The number of nitrogens with one attached hydrogen (secondary N) is 1. The fourth-order valence-corrected chi connectivity index (χ4v) is 6.40. The van der Waals surface area contributed by atoms with Gasteiger partial charge in [-0.15, -0.1) is 0 Å². The molecule has 0 saturated carbocycles. The molecule has 2 aliphatic rings. The summed E-state index contributed by atoms with van der Waals surface area (Å²) in [5.74, 6) is 1.91. The molecule has 0 spiro atoms. The predicted octanol–water partition coefficient (Wildman–Crippen LogP) is 8.65. The van der Waals surface area contributed by atoms with Gasteiger partial charge in [0.2, 0.25) is 0 Å². The van der Waals surface area contributed by atoms with Gasteiger partial charge in [0.15, 0.2) is 34.6 Å². The molecule has 0 amide bonds. The molecule has 0 radical (unpaired) electrons. The van der Waals surface area contributed by atoms with Gasteiger partial charge in [0.25, 0.3) is 0 Å². The molecule has 9 rings (SSSR count). The lowest BCUT2D eigenvalue weighted by Gasteiger charge is -1.98. The van der Waals surface area contributed by atoms with Crippen LogP contribution in [-0.4, -0.2) is 39.0 Å². The Hall–Kier alpha value is -4.89. The number of benzene rings is 4. The van der Waals surface area contributed by atoms with Gasteiger partial charge in [-0.2, -0.15) is 0 Å². The summed E-state index contributed by atoms with van der Waals surface area (Å²) in [6.07, 6.45) is 0. The molecular formula is C32H15Cl3N8. The number of halogens is 3. The van der Waals surface area contributed by atoms with Gasteiger partial charge in [0, 0.05) is 55.6 Å². The highest BCUT2D eigenvalue weighted by molar-refractivity contribution is 6.46. The molecule has 0 fully saturated rings. The fourth-order valence-electron chi connectivity index (χ4n) is 5.73. The third-order valence-electron chi connectivity index (χ3n) is 7.70. The highest BCUT2D eigenvalue weighted by Crippen LogP contribution is 2.39. The summed E-state index contributed by atoms with van der Waals surface area (Å²) in [6.45, 7) is 0.